The molecule has 1 aliphatic rings. The van der Waals surface area contributed by atoms with E-state index in [9.17, 15) is 18.0 Å². The van der Waals surface area contributed by atoms with Crippen LogP contribution in [0.25, 0.3) is 5.69 Å². The zero-order valence-corrected chi connectivity index (χ0v) is 24.9. The van der Waals surface area contributed by atoms with Crippen LogP contribution in [0.3, 0.4) is 0 Å². The van der Waals surface area contributed by atoms with Gasteiger partial charge in [0.2, 0.25) is 5.91 Å². The number of benzene rings is 2. The van der Waals surface area contributed by atoms with Gasteiger partial charge in [-0.2, -0.15) is 13.2 Å². The van der Waals surface area contributed by atoms with E-state index in [4.69, 9.17) is 23.8 Å². The lowest BCUT2D eigenvalue weighted by molar-refractivity contribution is -0.137. The zero-order chi connectivity index (χ0) is 30.3. The van der Waals surface area contributed by atoms with Gasteiger partial charge in [-0.15, -0.1) is 0 Å². The maximum absolute atomic E-state index is 14.0. The fourth-order valence-electron chi connectivity index (χ4n) is 5.35. The van der Waals surface area contributed by atoms with E-state index in [0.717, 1.165) is 17.3 Å². The number of nitrogens with zero attached hydrogens (tertiary/aromatic N) is 3. The van der Waals surface area contributed by atoms with Crippen molar-refractivity contribution >= 4 is 46.2 Å². The van der Waals surface area contributed by atoms with Crippen molar-refractivity contribution in [3.8, 4) is 5.69 Å². The molecule has 1 amide bonds. The van der Waals surface area contributed by atoms with Gasteiger partial charge >= 0.3 is 6.18 Å². The molecule has 4 aromatic rings. The van der Waals surface area contributed by atoms with Crippen molar-refractivity contribution in [3.05, 3.63) is 106 Å². The van der Waals surface area contributed by atoms with Crippen LogP contribution in [0.2, 0.25) is 5.02 Å². The number of rotatable bonds is 6. The fraction of sp³-hybridized carbons (Fsp3) is 0.258. The van der Waals surface area contributed by atoms with Gasteiger partial charge in [0.15, 0.2) is 5.11 Å². The van der Waals surface area contributed by atoms with Gasteiger partial charge in [0, 0.05) is 29.2 Å². The number of para-hydroxylation sites is 1. The first-order valence-electron chi connectivity index (χ1n) is 13.3. The normalized spacial score (nSPS) is 17.1. The van der Waals surface area contributed by atoms with Gasteiger partial charge < -0.3 is 20.1 Å². The van der Waals surface area contributed by atoms with E-state index in [1.54, 1.807) is 49.7 Å². The predicted octanol–water partition coefficient (Wildman–Crippen LogP) is 7.93. The molecule has 2 aromatic heterocycles. The molecule has 0 unspecified atom stereocenters. The Hall–Kier alpha value is -3.89. The molecule has 11 heteroatoms. The Morgan fingerprint density at radius 3 is 2.43 bits per heavy atom. The predicted molar refractivity (Wildman–Crippen MR) is 163 cm³/mol. The highest BCUT2D eigenvalue weighted by Gasteiger charge is 2.43. The molecule has 1 fully saturated rings. The number of aryl methyl sites for hydroxylation is 1. The molecular formula is C31H29ClF3N5OS. The molecule has 0 aliphatic carbocycles. The van der Waals surface area contributed by atoms with Crippen molar-refractivity contribution in [1.82, 2.24) is 14.9 Å². The third kappa shape index (κ3) is 5.48. The highest BCUT2D eigenvalue weighted by Crippen LogP contribution is 2.45. The van der Waals surface area contributed by atoms with Gasteiger partial charge in [-0.3, -0.25) is 9.78 Å². The SMILES string of the molecule is Cc1cc([C@@H]2[C@@H](c3ccccn3)NC(=S)N2c2ccc(NC(=O)C(C)C)c(Cl)c2)c(C)n1-c1ccccc1C(F)(F)F. The second-order valence-corrected chi connectivity index (χ2v) is 11.3. The largest absolute Gasteiger partial charge is 0.418 e. The summed E-state index contributed by atoms with van der Waals surface area (Å²) in [5, 5.41) is 6.94. The summed E-state index contributed by atoms with van der Waals surface area (Å²) in [4.78, 5) is 18.7. The maximum Gasteiger partial charge on any atom is 0.418 e. The van der Waals surface area contributed by atoms with Gasteiger partial charge in [-0.05, 0) is 80.2 Å². The van der Waals surface area contributed by atoms with Crippen molar-refractivity contribution in [1.29, 1.82) is 0 Å². The Balaban J connectivity index is 1.65. The molecular weight excluding hydrogens is 583 g/mol. The number of aromatic nitrogens is 2. The number of thiocarbonyl (C=S) groups is 1. The number of amides is 1. The van der Waals surface area contributed by atoms with Gasteiger partial charge in [-0.25, -0.2) is 0 Å². The first kappa shape index (κ1) is 29.6. The molecule has 0 spiro atoms. The van der Waals surface area contributed by atoms with Crippen LogP contribution >= 0.6 is 23.8 Å². The van der Waals surface area contributed by atoms with Gasteiger partial charge in [0.05, 0.1) is 39.7 Å². The van der Waals surface area contributed by atoms with Crippen molar-refractivity contribution in [3.63, 3.8) is 0 Å². The molecule has 2 aromatic carbocycles. The summed E-state index contributed by atoms with van der Waals surface area (Å²) in [5.41, 5.74) is 3.23. The minimum absolute atomic E-state index is 0.0500. The second-order valence-electron chi connectivity index (χ2n) is 10.5. The van der Waals surface area contributed by atoms with E-state index in [1.807, 2.05) is 42.2 Å². The Morgan fingerprint density at radius 1 is 1.07 bits per heavy atom. The summed E-state index contributed by atoms with van der Waals surface area (Å²) in [6, 6.07) is 17.4. The lowest BCUT2D eigenvalue weighted by atomic mass is 9.96. The van der Waals surface area contributed by atoms with Gasteiger partial charge in [0.1, 0.15) is 0 Å². The van der Waals surface area contributed by atoms with Crippen LogP contribution in [0.5, 0.6) is 0 Å². The molecule has 2 N–H and O–H groups in total. The number of nitrogens with one attached hydrogen (secondary N) is 2. The quantitative estimate of drug-likeness (QED) is 0.217. The van der Waals surface area contributed by atoms with Crippen LogP contribution in [-0.4, -0.2) is 20.6 Å². The second kappa shape index (κ2) is 11.4. The van der Waals surface area contributed by atoms with E-state index in [2.05, 4.69) is 15.6 Å². The summed E-state index contributed by atoms with van der Waals surface area (Å²) < 4.78 is 43.7. The minimum atomic E-state index is -4.53. The highest BCUT2D eigenvalue weighted by molar-refractivity contribution is 7.80. The first-order valence-corrected chi connectivity index (χ1v) is 14.1. The molecule has 5 rings (SSSR count). The summed E-state index contributed by atoms with van der Waals surface area (Å²) >= 11 is 12.4. The minimum Gasteiger partial charge on any atom is -0.351 e. The topological polar surface area (TPSA) is 62.2 Å². The smallest absolute Gasteiger partial charge is 0.351 e. The van der Waals surface area contributed by atoms with E-state index in [-0.39, 0.29) is 17.5 Å². The molecule has 0 saturated carbocycles. The number of pyridine rings is 1. The van der Waals surface area contributed by atoms with E-state index in [1.165, 1.54) is 12.1 Å². The Labute approximate surface area is 252 Å². The molecule has 1 aliphatic heterocycles. The maximum atomic E-state index is 14.0. The van der Waals surface area contributed by atoms with Crippen LogP contribution < -0.4 is 15.5 Å². The lowest BCUT2D eigenvalue weighted by Gasteiger charge is -2.29. The molecule has 1 saturated heterocycles. The summed E-state index contributed by atoms with van der Waals surface area (Å²) in [7, 11) is 0. The van der Waals surface area contributed by atoms with E-state index >= 15 is 0 Å². The number of carbonyl (C=O) groups excluding carboxylic acids is 1. The standard InChI is InChI=1S/C31H29ClF3N5OS/c1-17(2)29(41)37-24-13-12-20(16-23(24)32)40-28(27(38-30(40)42)25-10-7-8-14-36-25)21-15-18(3)39(19(21)4)26-11-6-5-9-22(26)31(33,34)35/h5-17,27-28H,1-4H3,(H,37,41)(H,38,42)/t27-,28-/m1/s1. The molecule has 6 nitrogen and oxygen atoms in total. The van der Waals surface area contributed by atoms with Crippen molar-refractivity contribution < 1.29 is 18.0 Å². The number of hydrogen-bond donors (Lipinski definition) is 2. The van der Waals surface area contributed by atoms with Crippen LogP contribution in [-0.2, 0) is 11.0 Å². The molecule has 0 bridgehead atoms. The van der Waals surface area contributed by atoms with E-state index < -0.39 is 23.8 Å². The van der Waals surface area contributed by atoms with E-state index in [0.29, 0.717) is 32.9 Å². The van der Waals surface area contributed by atoms with Crippen molar-refractivity contribution in [2.75, 3.05) is 10.2 Å². The molecule has 218 valence electrons. The first-order chi connectivity index (χ1) is 19.9. The summed E-state index contributed by atoms with van der Waals surface area (Å²) in [6.07, 6.45) is -2.84. The average Bonchev–Trinajstić information content (AvgIpc) is 3.44. The molecule has 0 radical (unpaired) electrons. The van der Waals surface area contributed by atoms with Crippen molar-refractivity contribution in [2.45, 2.75) is 46.0 Å². The third-order valence-electron chi connectivity index (χ3n) is 7.35. The Bertz CT molecular complexity index is 1650. The summed E-state index contributed by atoms with van der Waals surface area (Å²) in [6.45, 7) is 7.17. The number of alkyl halides is 3. The van der Waals surface area contributed by atoms with Crippen LogP contribution in [0, 0.1) is 19.8 Å². The molecule has 2 atom stereocenters. The number of carbonyl (C=O) groups is 1. The summed E-state index contributed by atoms with van der Waals surface area (Å²) in [5.74, 6) is -0.389. The average molecular weight is 612 g/mol. The lowest BCUT2D eigenvalue weighted by Crippen LogP contribution is -2.29. The fourth-order valence-corrected chi connectivity index (χ4v) is 5.92. The zero-order valence-electron chi connectivity index (χ0n) is 23.3. The number of halogens is 4. The highest BCUT2D eigenvalue weighted by atomic mass is 35.5. The van der Waals surface area contributed by atoms with Crippen LogP contribution in [0.15, 0.2) is 72.9 Å². The number of anilines is 2. The van der Waals surface area contributed by atoms with Crippen LogP contribution in [0.4, 0.5) is 24.5 Å². The van der Waals surface area contributed by atoms with Crippen molar-refractivity contribution in [2.24, 2.45) is 5.92 Å². The molecule has 42 heavy (non-hydrogen) atoms. The van der Waals surface area contributed by atoms with Gasteiger partial charge in [-0.1, -0.05) is 43.6 Å². The van der Waals surface area contributed by atoms with Crippen LogP contribution in [0.1, 0.15) is 54.1 Å². The third-order valence-corrected chi connectivity index (χ3v) is 7.98. The molecule has 3 heterocycles. The Kier molecular flexibility index (Phi) is 8.04. The monoisotopic (exact) mass is 611 g/mol. The Morgan fingerprint density at radius 2 is 1.79 bits per heavy atom. The number of hydrogen-bond acceptors (Lipinski definition) is 3. The van der Waals surface area contributed by atoms with Gasteiger partial charge in [0.25, 0.3) is 0 Å².